The Hall–Kier alpha value is -2.18. The summed E-state index contributed by atoms with van der Waals surface area (Å²) >= 11 is 1.48. The van der Waals surface area contributed by atoms with E-state index in [1.165, 1.54) is 36.4 Å². The highest BCUT2D eigenvalue weighted by Gasteiger charge is 2.21. The lowest BCUT2D eigenvalue weighted by molar-refractivity contribution is -0.121. The molecule has 2 aromatic rings. The number of piperidine rings is 1. The maximum atomic E-state index is 12.0. The predicted octanol–water partition coefficient (Wildman–Crippen LogP) is 3.66. The van der Waals surface area contributed by atoms with Gasteiger partial charge in [-0.2, -0.15) is 11.3 Å². The molecule has 1 aliphatic rings. The summed E-state index contributed by atoms with van der Waals surface area (Å²) in [6, 6.07) is 10.3. The molecular weight excluding hydrogens is 382 g/mol. The van der Waals surface area contributed by atoms with Crippen LogP contribution in [-0.4, -0.2) is 36.3 Å². The molecule has 0 spiro atoms. The van der Waals surface area contributed by atoms with E-state index < -0.39 is 0 Å². The van der Waals surface area contributed by atoms with Gasteiger partial charge in [0.15, 0.2) is 0 Å². The van der Waals surface area contributed by atoms with Crippen LogP contribution in [0.25, 0.3) is 0 Å². The van der Waals surface area contributed by atoms with Crippen LogP contribution < -0.4 is 10.6 Å². The Balaban J connectivity index is 1.36. The highest BCUT2D eigenvalue weighted by atomic mass is 32.1. The second-order valence-corrected chi connectivity index (χ2v) is 9.03. The van der Waals surface area contributed by atoms with Crippen LogP contribution in [0.1, 0.15) is 48.2 Å². The van der Waals surface area contributed by atoms with Crippen LogP contribution in [-0.2, 0) is 17.9 Å². The average Bonchev–Trinajstić information content (AvgIpc) is 3.21. The number of carbonyl (C=O) groups excluding carboxylic acids is 2. The fourth-order valence-corrected chi connectivity index (χ4v) is 4.65. The molecule has 0 bridgehead atoms. The van der Waals surface area contributed by atoms with E-state index in [0.717, 1.165) is 23.9 Å². The molecule has 2 N–H and O–H groups in total. The molecule has 3 rings (SSSR count). The molecule has 1 aliphatic heterocycles. The van der Waals surface area contributed by atoms with Gasteiger partial charge in [-0.1, -0.05) is 38.1 Å². The van der Waals surface area contributed by atoms with Gasteiger partial charge < -0.3 is 10.6 Å². The number of hydrogen-bond donors (Lipinski definition) is 2. The monoisotopic (exact) mass is 413 g/mol. The number of hydrogen-bond acceptors (Lipinski definition) is 4. The smallest absolute Gasteiger partial charge is 0.252 e. The van der Waals surface area contributed by atoms with Crippen LogP contribution in [0, 0.1) is 11.8 Å². The molecule has 156 valence electrons. The summed E-state index contributed by atoms with van der Waals surface area (Å²) in [6.07, 6.45) is 1.60. The predicted molar refractivity (Wildman–Crippen MR) is 118 cm³/mol. The summed E-state index contributed by atoms with van der Waals surface area (Å²) in [5, 5.41) is 9.35. The highest BCUT2D eigenvalue weighted by molar-refractivity contribution is 7.08. The molecule has 0 aliphatic carbocycles. The van der Waals surface area contributed by atoms with E-state index >= 15 is 0 Å². The first-order valence-corrected chi connectivity index (χ1v) is 11.3. The maximum absolute atomic E-state index is 12.0. The number of carbonyl (C=O) groups is 2. The van der Waals surface area contributed by atoms with Crippen molar-refractivity contribution in [3.8, 4) is 0 Å². The minimum Gasteiger partial charge on any atom is -0.352 e. The van der Waals surface area contributed by atoms with E-state index in [4.69, 9.17) is 0 Å². The van der Waals surface area contributed by atoms with Crippen molar-refractivity contribution >= 4 is 23.2 Å². The van der Waals surface area contributed by atoms with E-state index in [-0.39, 0.29) is 18.2 Å². The van der Waals surface area contributed by atoms with Crippen molar-refractivity contribution in [2.75, 3.05) is 19.6 Å². The van der Waals surface area contributed by atoms with Crippen LogP contribution in [0.15, 0.2) is 41.1 Å². The zero-order valence-electron chi connectivity index (χ0n) is 17.3. The lowest BCUT2D eigenvalue weighted by Crippen LogP contribution is -2.38. The zero-order valence-corrected chi connectivity index (χ0v) is 18.1. The summed E-state index contributed by atoms with van der Waals surface area (Å²) in [4.78, 5) is 26.4. The van der Waals surface area contributed by atoms with Gasteiger partial charge in [0.25, 0.3) is 5.91 Å². The largest absolute Gasteiger partial charge is 0.352 e. The van der Waals surface area contributed by atoms with Crippen LogP contribution in [0.4, 0.5) is 0 Å². The van der Waals surface area contributed by atoms with Crippen molar-refractivity contribution in [2.24, 2.45) is 11.8 Å². The maximum Gasteiger partial charge on any atom is 0.252 e. The van der Waals surface area contributed by atoms with E-state index in [0.29, 0.717) is 18.7 Å². The van der Waals surface area contributed by atoms with Crippen molar-refractivity contribution in [3.05, 3.63) is 57.8 Å². The Kier molecular flexibility index (Phi) is 7.83. The second kappa shape index (κ2) is 10.6. The topological polar surface area (TPSA) is 61.4 Å². The van der Waals surface area contributed by atoms with Gasteiger partial charge in [-0.15, -0.1) is 0 Å². The third kappa shape index (κ3) is 6.98. The molecule has 0 radical (unpaired) electrons. The van der Waals surface area contributed by atoms with Gasteiger partial charge in [0.1, 0.15) is 0 Å². The molecule has 29 heavy (non-hydrogen) atoms. The third-order valence-corrected chi connectivity index (χ3v) is 5.97. The minimum absolute atomic E-state index is 0.0593. The lowest BCUT2D eigenvalue weighted by Gasteiger charge is -2.35. The molecule has 5 nitrogen and oxygen atoms in total. The van der Waals surface area contributed by atoms with Gasteiger partial charge in [-0.3, -0.25) is 14.5 Å². The number of rotatable bonds is 8. The van der Waals surface area contributed by atoms with E-state index in [2.05, 4.69) is 53.6 Å². The fraction of sp³-hybridized carbons (Fsp3) is 0.478. The summed E-state index contributed by atoms with van der Waals surface area (Å²) in [5.74, 6) is 1.34. The van der Waals surface area contributed by atoms with Crippen molar-refractivity contribution in [3.63, 3.8) is 0 Å². The normalized spacial score (nSPS) is 19.7. The van der Waals surface area contributed by atoms with Gasteiger partial charge in [-0.05, 0) is 40.8 Å². The zero-order chi connectivity index (χ0) is 20.6. The van der Waals surface area contributed by atoms with Gasteiger partial charge in [0, 0.05) is 50.1 Å². The van der Waals surface area contributed by atoms with Crippen molar-refractivity contribution in [2.45, 2.75) is 39.8 Å². The quantitative estimate of drug-likeness (QED) is 0.694. The van der Waals surface area contributed by atoms with Gasteiger partial charge in [-0.25, -0.2) is 0 Å². The molecule has 1 fully saturated rings. The molecule has 0 saturated carbocycles. The standard InChI is InChI=1S/C23H31N3O2S/c1-17-11-18(2)14-26(13-17)15-20-5-3-19(4-6-20)12-25-22(27)7-9-24-23(28)21-8-10-29-16-21/h3-6,8,10,16-18H,7,9,11-15H2,1-2H3,(H,24,28)(H,25,27)/t17-,18-/m1/s1. The molecule has 6 heteroatoms. The van der Waals surface area contributed by atoms with Gasteiger partial charge in [0.2, 0.25) is 5.91 Å². The summed E-state index contributed by atoms with van der Waals surface area (Å²) in [5.41, 5.74) is 3.05. The Morgan fingerprint density at radius 2 is 1.72 bits per heavy atom. The van der Waals surface area contributed by atoms with Crippen LogP contribution in [0.2, 0.25) is 0 Å². The average molecular weight is 414 g/mol. The lowest BCUT2D eigenvalue weighted by atomic mass is 9.91. The van der Waals surface area contributed by atoms with E-state index in [9.17, 15) is 9.59 Å². The Bertz CT molecular complexity index is 779. The Morgan fingerprint density at radius 3 is 2.38 bits per heavy atom. The molecule has 2 atom stereocenters. The van der Waals surface area contributed by atoms with Crippen molar-refractivity contribution < 1.29 is 9.59 Å². The molecule has 0 unspecified atom stereocenters. The Morgan fingerprint density at radius 1 is 1.03 bits per heavy atom. The minimum atomic E-state index is -0.132. The number of nitrogens with zero attached hydrogens (tertiary/aromatic N) is 1. The molecular formula is C23H31N3O2S. The van der Waals surface area contributed by atoms with E-state index in [1.54, 1.807) is 11.4 Å². The van der Waals surface area contributed by atoms with Gasteiger partial charge in [0.05, 0.1) is 0 Å². The van der Waals surface area contributed by atoms with Crippen LogP contribution in [0.3, 0.4) is 0 Å². The number of nitrogens with one attached hydrogen (secondary N) is 2. The molecule has 2 heterocycles. The number of thiophene rings is 1. The second-order valence-electron chi connectivity index (χ2n) is 8.25. The van der Waals surface area contributed by atoms with Crippen LogP contribution >= 0.6 is 11.3 Å². The van der Waals surface area contributed by atoms with Crippen LogP contribution in [0.5, 0.6) is 0 Å². The summed E-state index contributed by atoms with van der Waals surface area (Å²) in [6.45, 7) is 8.85. The summed E-state index contributed by atoms with van der Waals surface area (Å²) < 4.78 is 0. The third-order valence-electron chi connectivity index (χ3n) is 5.28. The SMILES string of the molecule is C[C@@H]1C[C@@H](C)CN(Cc2ccc(CNC(=O)CCNC(=O)c3ccsc3)cc2)C1. The molecule has 1 aromatic carbocycles. The first-order chi connectivity index (χ1) is 14.0. The first-order valence-electron chi connectivity index (χ1n) is 10.4. The number of amides is 2. The number of benzene rings is 1. The molecule has 1 aromatic heterocycles. The van der Waals surface area contributed by atoms with Crippen molar-refractivity contribution in [1.82, 2.24) is 15.5 Å². The first kappa shape index (κ1) is 21.5. The Labute approximate surface area is 177 Å². The van der Waals surface area contributed by atoms with Gasteiger partial charge >= 0.3 is 0 Å². The molecule has 2 amide bonds. The highest BCUT2D eigenvalue weighted by Crippen LogP contribution is 2.22. The fourth-order valence-electron chi connectivity index (χ4n) is 4.02. The van der Waals surface area contributed by atoms with Crippen molar-refractivity contribution in [1.29, 1.82) is 0 Å². The molecule has 1 saturated heterocycles. The number of likely N-dealkylation sites (tertiary alicyclic amines) is 1. The summed E-state index contributed by atoms with van der Waals surface area (Å²) in [7, 11) is 0. The van der Waals surface area contributed by atoms with E-state index in [1.807, 2.05) is 5.38 Å².